The molecule has 0 bridgehead atoms. The van der Waals surface area contributed by atoms with Crippen LogP contribution >= 0.6 is 0 Å². The number of aliphatic hydroxyl groups is 2. The highest BCUT2D eigenvalue weighted by molar-refractivity contribution is 5.76. The van der Waals surface area contributed by atoms with Gasteiger partial charge in [0.25, 0.3) is 0 Å². The topological polar surface area (TPSA) is 95.9 Å². The standard InChI is InChI=1S/C57H109NO5/c1-3-5-7-9-11-13-15-16-17-18-19-22-25-28-31-35-39-43-47-51-57(62)63-52-48-44-40-36-32-29-26-23-20-21-24-27-30-34-38-42-46-50-56(61)58-54(53-59)55(60)49-45-41-37-33-14-12-10-8-6-4-2/h16-17,20,23,54-55,59-60H,3-15,18-19,21-22,24-53H2,1-2H3,(H,58,61)/b17-16-,23-20-. The molecule has 0 saturated carbocycles. The van der Waals surface area contributed by atoms with Gasteiger partial charge in [0.2, 0.25) is 5.91 Å². The molecule has 63 heavy (non-hydrogen) atoms. The van der Waals surface area contributed by atoms with Crippen LogP contribution in [0.3, 0.4) is 0 Å². The number of ether oxygens (including phenoxy) is 1. The molecule has 6 nitrogen and oxygen atoms in total. The molecule has 0 aliphatic carbocycles. The second-order valence-electron chi connectivity index (χ2n) is 19.3. The summed E-state index contributed by atoms with van der Waals surface area (Å²) in [4.78, 5) is 24.5. The van der Waals surface area contributed by atoms with Gasteiger partial charge in [-0.2, -0.15) is 0 Å². The van der Waals surface area contributed by atoms with Crippen LogP contribution in [0.2, 0.25) is 0 Å². The van der Waals surface area contributed by atoms with Crippen LogP contribution in [-0.4, -0.2) is 47.4 Å². The van der Waals surface area contributed by atoms with E-state index in [4.69, 9.17) is 4.74 Å². The van der Waals surface area contributed by atoms with Gasteiger partial charge in [0.1, 0.15) is 0 Å². The maximum Gasteiger partial charge on any atom is 0.305 e. The first kappa shape index (κ1) is 61.3. The van der Waals surface area contributed by atoms with Gasteiger partial charge in [-0.25, -0.2) is 0 Å². The summed E-state index contributed by atoms with van der Waals surface area (Å²) in [5, 5.41) is 23.1. The lowest BCUT2D eigenvalue weighted by molar-refractivity contribution is -0.143. The smallest absolute Gasteiger partial charge is 0.305 e. The Morgan fingerprint density at radius 2 is 0.746 bits per heavy atom. The van der Waals surface area contributed by atoms with Crippen LogP contribution in [0.5, 0.6) is 0 Å². The number of aliphatic hydroxyl groups excluding tert-OH is 2. The molecule has 0 aromatic heterocycles. The molecule has 0 aliphatic rings. The van der Waals surface area contributed by atoms with Gasteiger partial charge in [-0.05, 0) is 77.0 Å². The fourth-order valence-corrected chi connectivity index (χ4v) is 8.63. The Morgan fingerprint density at radius 3 is 1.13 bits per heavy atom. The average molecular weight is 889 g/mol. The molecule has 0 aromatic carbocycles. The maximum absolute atomic E-state index is 12.4. The first-order valence-electron chi connectivity index (χ1n) is 28.1. The predicted octanol–water partition coefficient (Wildman–Crippen LogP) is 17.1. The Balaban J connectivity index is 3.41. The van der Waals surface area contributed by atoms with Crippen molar-refractivity contribution in [3.63, 3.8) is 0 Å². The number of hydrogen-bond acceptors (Lipinski definition) is 5. The van der Waals surface area contributed by atoms with Crippen LogP contribution < -0.4 is 5.32 Å². The van der Waals surface area contributed by atoms with Crippen LogP contribution in [0.4, 0.5) is 0 Å². The van der Waals surface area contributed by atoms with Crippen molar-refractivity contribution in [2.75, 3.05) is 13.2 Å². The van der Waals surface area contributed by atoms with Crippen LogP contribution in [0.1, 0.15) is 303 Å². The number of hydrogen-bond donors (Lipinski definition) is 3. The monoisotopic (exact) mass is 888 g/mol. The first-order valence-corrected chi connectivity index (χ1v) is 28.1. The van der Waals surface area contributed by atoms with Crippen molar-refractivity contribution in [2.45, 2.75) is 315 Å². The van der Waals surface area contributed by atoms with E-state index < -0.39 is 12.1 Å². The van der Waals surface area contributed by atoms with Crippen molar-refractivity contribution in [2.24, 2.45) is 0 Å². The molecule has 0 aliphatic heterocycles. The van der Waals surface area contributed by atoms with E-state index in [9.17, 15) is 19.8 Å². The summed E-state index contributed by atoms with van der Waals surface area (Å²) >= 11 is 0. The predicted molar refractivity (Wildman–Crippen MR) is 273 cm³/mol. The summed E-state index contributed by atoms with van der Waals surface area (Å²) < 4.78 is 5.48. The van der Waals surface area contributed by atoms with Gasteiger partial charge < -0.3 is 20.3 Å². The molecular formula is C57H109NO5. The first-order chi connectivity index (χ1) is 31.0. The van der Waals surface area contributed by atoms with E-state index in [1.54, 1.807) is 0 Å². The zero-order valence-electron chi connectivity index (χ0n) is 42.3. The molecule has 0 spiro atoms. The van der Waals surface area contributed by atoms with E-state index in [2.05, 4.69) is 43.5 Å². The van der Waals surface area contributed by atoms with Gasteiger partial charge in [0, 0.05) is 12.8 Å². The maximum atomic E-state index is 12.4. The molecule has 3 N–H and O–H groups in total. The second-order valence-corrected chi connectivity index (χ2v) is 19.3. The molecule has 0 saturated heterocycles. The minimum Gasteiger partial charge on any atom is -0.466 e. The highest BCUT2D eigenvalue weighted by atomic mass is 16.5. The SMILES string of the molecule is CCCCCCCC/C=C\CCCCCCCCCCCC(=O)OCCCCCCCC/C=C\CCCCCCCCCC(=O)NC(CO)C(O)CCCCCCCCCCCC. The molecule has 2 unspecified atom stereocenters. The number of amides is 1. The van der Waals surface area contributed by atoms with E-state index in [1.807, 2.05) is 0 Å². The second kappa shape index (κ2) is 53.0. The molecule has 0 aromatic rings. The Morgan fingerprint density at radius 1 is 0.429 bits per heavy atom. The lowest BCUT2D eigenvalue weighted by Crippen LogP contribution is -2.45. The number of unbranched alkanes of at least 4 members (excludes halogenated alkanes) is 37. The molecule has 1 amide bonds. The quantitative estimate of drug-likeness (QED) is 0.0321. The Hall–Kier alpha value is -1.66. The van der Waals surface area contributed by atoms with E-state index in [0.717, 1.165) is 57.8 Å². The summed E-state index contributed by atoms with van der Waals surface area (Å²) in [6.45, 7) is 4.92. The van der Waals surface area contributed by atoms with Crippen LogP contribution in [0.25, 0.3) is 0 Å². The van der Waals surface area contributed by atoms with E-state index in [1.165, 1.54) is 212 Å². The average Bonchev–Trinajstić information content (AvgIpc) is 3.28. The summed E-state index contributed by atoms with van der Waals surface area (Å²) in [7, 11) is 0. The molecule has 6 heteroatoms. The zero-order valence-corrected chi connectivity index (χ0v) is 42.3. The Bertz CT molecular complexity index is 982. The van der Waals surface area contributed by atoms with Crippen LogP contribution in [0, 0.1) is 0 Å². The third kappa shape index (κ3) is 49.6. The molecule has 0 heterocycles. The molecule has 0 rings (SSSR count). The van der Waals surface area contributed by atoms with Gasteiger partial charge >= 0.3 is 5.97 Å². The van der Waals surface area contributed by atoms with E-state index >= 15 is 0 Å². The van der Waals surface area contributed by atoms with Crippen molar-refractivity contribution in [1.29, 1.82) is 0 Å². The van der Waals surface area contributed by atoms with Gasteiger partial charge in [-0.3, -0.25) is 9.59 Å². The fraction of sp³-hybridized carbons (Fsp3) is 0.895. The van der Waals surface area contributed by atoms with Gasteiger partial charge in [-0.15, -0.1) is 0 Å². The normalized spacial score (nSPS) is 12.8. The number of allylic oxidation sites excluding steroid dienone is 4. The number of carbonyl (C=O) groups excluding carboxylic acids is 2. The lowest BCUT2D eigenvalue weighted by atomic mass is 10.0. The minimum absolute atomic E-state index is 0.00237. The van der Waals surface area contributed by atoms with Crippen molar-refractivity contribution in [3.05, 3.63) is 24.3 Å². The van der Waals surface area contributed by atoms with Gasteiger partial charge in [0.15, 0.2) is 0 Å². The van der Waals surface area contributed by atoms with Crippen LogP contribution in [-0.2, 0) is 14.3 Å². The summed E-state index contributed by atoms with van der Waals surface area (Å²) in [5.74, 6) is -0.0509. The van der Waals surface area contributed by atoms with E-state index in [0.29, 0.717) is 25.9 Å². The largest absolute Gasteiger partial charge is 0.466 e. The summed E-state index contributed by atoms with van der Waals surface area (Å²) in [5.41, 5.74) is 0. The highest BCUT2D eigenvalue weighted by Crippen LogP contribution is 2.16. The molecule has 372 valence electrons. The fourth-order valence-electron chi connectivity index (χ4n) is 8.63. The molecule has 2 atom stereocenters. The van der Waals surface area contributed by atoms with E-state index in [-0.39, 0.29) is 18.5 Å². The number of carbonyl (C=O) groups is 2. The number of esters is 1. The Kier molecular flexibility index (Phi) is 51.6. The number of nitrogens with one attached hydrogen (secondary N) is 1. The molecule has 0 fully saturated rings. The zero-order chi connectivity index (χ0) is 45.8. The van der Waals surface area contributed by atoms with Crippen molar-refractivity contribution < 1.29 is 24.5 Å². The summed E-state index contributed by atoms with van der Waals surface area (Å²) in [6, 6.07) is -0.548. The van der Waals surface area contributed by atoms with Crippen LogP contribution in [0.15, 0.2) is 24.3 Å². The lowest BCUT2D eigenvalue weighted by Gasteiger charge is -2.22. The van der Waals surface area contributed by atoms with Gasteiger partial charge in [-0.1, -0.05) is 237 Å². The summed E-state index contributed by atoms with van der Waals surface area (Å²) in [6.07, 6.45) is 63.1. The highest BCUT2D eigenvalue weighted by Gasteiger charge is 2.20. The molecule has 0 radical (unpaired) electrons. The van der Waals surface area contributed by atoms with Crippen molar-refractivity contribution in [3.8, 4) is 0 Å². The molecular weight excluding hydrogens is 779 g/mol. The van der Waals surface area contributed by atoms with Gasteiger partial charge in [0.05, 0.1) is 25.4 Å². The Labute approximate surface area is 392 Å². The third-order valence-electron chi connectivity index (χ3n) is 13.0. The third-order valence-corrected chi connectivity index (χ3v) is 13.0. The number of rotatable bonds is 52. The van der Waals surface area contributed by atoms with Crippen molar-refractivity contribution in [1.82, 2.24) is 5.32 Å². The van der Waals surface area contributed by atoms with Crippen molar-refractivity contribution >= 4 is 11.9 Å². The minimum atomic E-state index is -0.670.